The van der Waals surface area contributed by atoms with Gasteiger partial charge >= 0.3 is 0 Å². The number of allylic oxidation sites excluding steroid dienone is 1. The molecule has 124 valence electrons. The molecule has 1 amide bonds. The van der Waals surface area contributed by atoms with Crippen LogP contribution in [0.25, 0.3) is 0 Å². The van der Waals surface area contributed by atoms with E-state index in [0.717, 1.165) is 12.2 Å². The van der Waals surface area contributed by atoms with Crippen molar-refractivity contribution >= 4 is 45.5 Å². The smallest absolute Gasteiger partial charge is 0.236 e. The first-order valence-corrected chi connectivity index (χ1v) is 9.75. The van der Waals surface area contributed by atoms with Crippen LogP contribution < -0.4 is 5.32 Å². The summed E-state index contributed by atoms with van der Waals surface area (Å²) in [5, 5.41) is 21.9. The van der Waals surface area contributed by atoms with Crippen molar-refractivity contribution in [3.8, 4) is 0 Å². The molecular weight excluding hydrogens is 364 g/mol. The van der Waals surface area contributed by atoms with Crippen LogP contribution in [0, 0.1) is 0 Å². The Morgan fingerprint density at radius 3 is 3.00 bits per heavy atom. The molecule has 3 aromatic rings. The van der Waals surface area contributed by atoms with E-state index in [0.29, 0.717) is 16.8 Å². The Bertz CT molecular complexity index is 797. The second kappa shape index (κ2) is 8.18. The average Bonchev–Trinajstić information content (AvgIpc) is 3.30. The molecule has 0 atom stereocenters. The summed E-state index contributed by atoms with van der Waals surface area (Å²) in [5.41, 5.74) is 1.57. The van der Waals surface area contributed by atoms with Crippen LogP contribution in [-0.2, 0) is 17.8 Å². The van der Waals surface area contributed by atoms with Gasteiger partial charge in [-0.1, -0.05) is 35.2 Å². The van der Waals surface area contributed by atoms with E-state index in [2.05, 4.69) is 38.4 Å². The van der Waals surface area contributed by atoms with Crippen LogP contribution >= 0.6 is 34.4 Å². The van der Waals surface area contributed by atoms with E-state index in [1.807, 2.05) is 16.0 Å². The number of hydrogen-bond donors (Lipinski definition) is 1. The lowest BCUT2D eigenvalue weighted by Crippen LogP contribution is -2.14. The Hall–Kier alpha value is -2.04. The molecule has 0 unspecified atom stereocenters. The van der Waals surface area contributed by atoms with Crippen LogP contribution in [0.2, 0.25) is 0 Å². The molecule has 0 saturated carbocycles. The number of rotatable bonds is 8. The van der Waals surface area contributed by atoms with Crippen LogP contribution in [0.5, 0.6) is 0 Å². The molecule has 10 heteroatoms. The number of thiophene rings is 1. The fourth-order valence-electron chi connectivity index (χ4n) is 1.95. The minimum absolute atomic E-state index is 0.148. The van der Waals surface area contributed by atoms with Crippen molar-refractivity contribution in [1.29, 1.82) is 0 Å². The topological polar surface area (TPSA) is 85.6 Å². The molecule has 0 bridgehead atoms. The number of anilines is 1. The van der Waals surface area contributed by atoms with Crippen molar-refractivity contribution in [2.24, 2.45) is 0 Å². The van der Waals surface area contributed by atoms with E-state index in [9.17, 15) is 4.79 Å². The minimum atomic E-state index is -0.148. The summed E-state index contributed by atoms with van der Waals surface area (Å²) in [5.74, 6) is 0.947. The normalized spacial score (nSPS) is 10.7. The fourth-order valence-corrected chi connectivity index (χ4v) is 3.88. The van der Waals surface area contributed by atoms with Gasteiger partial charge in [-0.2, -0.15) is 0 Å². The van der Waals surface area contributed by atoms with E-state index >= 15 is 0 Å². The largest absolute Gasteiger partial charge is 0.302 e. The lowest BCUT2D eigenvalue weighted by Gasteiger charge is -2.07. The van der Waals surface area contributed by atoms with Gasteiger partial charge in [0.25, 0.3) is 0 Å². The molecule has 0 aromatic carbocycles. The summed E-state index contributed by atoms with van der Waals surface area (Å²) in [6.07, 6.45) is 2.52. The van der Waals surface area contributed by atoms with E-state index in [1.54, 1.807) is 22.9 Å². The summed E-state index contributed by atoms with van der Waals surface area (Å²) in [6, 6.07) is 4.08. The van der Waals surface area contributed by atoms with Gasteiger partial charge in [-0.05, 0) is 11.4 Å². The Morgan fingerprint density at radius 1 is 1.38 bits per heavy atom. The molecule has 0 fully saturated rings. The molecule has 0 spiro atoms. The summed E-state index contributed by atoms with van der Waals surface area (Å²) < 4.78 is 1.98. The van der Waals surface area contributed by atoms with Gasteiger partial charge in [0, 0.05) is 17.8 Å². The number of nitrogens with zero attached hydrogens (tertiary/aromatic N) is 5. The monoisotopic (exact) mass is 378 g/mol. The molecule has 0 saturated heterocycles. The maximum atomic E-state index is 11.9. The van der Waals surface area contributed by atoms with Crippen molar-refractivity contribution < 1.29 is 4.79 Å². The second-order valence-corrected chi connectivity index (χ2v) is 7.44. The zero-order valence-electron chi connectivity index (χ0n) is 12.6. The van der Waals surface area contributed by atoms with Gasteiger partial charge in [-0.25, -0.2) is 0 Å². The number of carbonyl (C=O) groups is 1. The van der Waals surface area contributed by atoms with Gasteiger partial charge in [-0.15, -0.1) is 38.3 Å². The quantitative estimate of drug-likeness (QED) is 0.479. The summed E-state index contributed by atoms with van der Waals surface area (Å²) in [4.78, 5) is 13.2. The van der Waals surface area contributed by atoms with E-state index in [1.165, 1.54) is 28.0 Å². The van der Waals surface area contributed by atoms with E-state index < -0.39 is 0 Å². The molecule has 0 radical (unpaired) electrons. The third kappa shape index (κ3) is 4.28. The highest BCUT2D eigenvalue weighted by atomic mass is 32.2. The lowest BCUT2D eigenvalue weighted by molar-refractivity contribution is -0.113. The van der Waals surface area contributed by atoms with Crippen LogP contribution in [0.1, 0.15) is 10.7 Å². The first-order chi connectivity index (χ1) is 11.8. The predicted molar refractivity (Wildman–Crippen MR) is 96.6 cm³/mol. The highest BCUT2D eigenvalue weighted by molar-refractivity contribution is 7.99. The molecule has 1 N–H and O–H groups in total. The van der Waals surface area contributed by atoms with Crippen molar-refractivity contribution in [3.05, 3.63) is 46.4 Å². The first-order valence-electron chi connectivity index (χ1n) is 7.00. The van der Waals surface area contributed by atoms with Crippen LogP contribution in [0.4, 0.5) is 5.13 Å². The molecular formula is C14H14N6OS3. The molecule has 0 aliphatic heterocycles. The number of thioether (sulfide) groups is 1. The number of hydrogen-bond acceptors (Lipinski definition) is 8. The van der Waals surface area contributed by atoms with Gasteiger partial charge < -0.3 is 4.57 Å². The maximum Gasteiger partial charge on any atom is 0.236 e. The van der Waals surface area contributed by atoms with E-state index in [-0.39, 0.29) is 11.7 Å². The number of aromatic nitrogens is 5. The molecule has 3 aromatic heterocycles. The van der Waals surface area contributed by atoms with Gasteiger partial charge in [0.1, 0.15) is 11.3 Å². The second-order valence-electron chi connectivity index (χ2n) is 4.63. The van der Waals surface area contributed by atoms with Crippen LogP contribution in [0.15, 0.2) is 40.8 Å². The molecule has 24 heavy (non-hydrogen) atoms. The molecule has 0 aliphatic rings. The zero-order chi connectivity index (χ0) is 16.8. The maximum absolute atomic E-state index is 11.9. The highest BCUT2D eigenvalue weighted by Gasteiger charge is 2.14. The Morgan fingerprint density at radius 2 is 2.29 bits per heavy atom. The molecule has 7 nitrogen and oxygen atoms in total. The van der Waals surface area contributed by atoms with Gasteiger partial charge in [0.2, 0.25) is 11.0 Å². The number of carbonyl (C=O) groups excluding carboxylic acids is 1. The van der Waals surface area contributed by atoms with Gasteiger partial charge in [0.05, 0.1) is 5.75 Å². The van der Waals surface area contributed by atoms with Gasteiger partial charge in [0.15, 0.2) is 5.16 Å². The third-order valence-corrected chi connectivity index (χ3v) is 5.41. The SMILES string of the molecule is C=CCn1c(Cc2cccs2)nnc1SCC(=O)Nc1nncs1. The summed E-state index contributed by atoms with van der Waals surface area (Å²) in [7, 11) is 0. The predicted octanol–water partition coefficient (Wildman–Crippen LogP) is 2.70. The van der Waals surface area contributed by atoms with Gasteiger partial charge in [-0.3, -0.25) is 10.1 Å². The lowest BCUT2D eigenvalue weighted by atomic mass is 10.3. The Balaban J connectivity index is 1.65. The standard InChI is InChI=1S/C14H14N6OS3/c1-2-5-20-11(7-10-4-3-6-22-10)17-19-14(20)23-8-12(21)16-13-18-15-9-24-13/h2-4,6,9H,1,5,7-8H2,(H,16,18,21). The third-order valence-electron chi connectivity index (χ3n) is 2.96. The van der Waals surface area contributed by atoms with Crippen molar-refractivity contribution in [2.75, 3.05) is 11.1 Å². The Labute approximate surface area is 150 Å². The van der Waals surface area contributed by atoms with Crippen molar-refractivity contribution in [2.45, 2.75) is 18.1 Å². The molecule has 3 rings (SSSR count). The fraction of sp³-hybridized carbons (Fsp3) is 0.214. The van der Waals surface area contributed by atoms with Crippen LogP contribution in [-0.4, -0.2) is 36.6 Å². The summed E-state index contributed by atoms with van der Waals surface area (Å²) in [6.45, 7) is 4.39. The zero-order valence-corrected chi connectivity index (χ0v) is 15.0. The van der Waals surface area contributed by atoms with Crippen molar-refractivity contribution in [3.63, 3.8) is 0 Å². The summed E-state index contributed by atoms with van der Waals surface area (Å²) >= 11 is 4.31. The molecule has 3 heterocycles. The first kappa shape index (κ1) is 16.8. The van der Waals surface area contributed by atoms with Crippen LogP contribution in [0.3, 0.4) is 0 Å². The highest BCUT2D eigenvalue weighted by Crippen LogP contribution is 2.21. The van der Waals surface area contributed by atoms with Crippen molar-refractivity contribution in [1.82, 2.24) is 25.0 Å². The Kier molecular flexibility index (Phi) is 5.72. The minimum Gasteiger partial charge on any atom is -0.302 e. The number of amides is 1. The van der Waals surface area contributed by atoms with E-state index in [4.69, 9.17) is 0 Å². The average molecular weight is 379 g/mol. The molecule has 0 aliphatic carbocycles. The number of nitrogens with one attached hydrogen (secondary N) is 1.